The number of aliphatic imine (C=N–C) groups is 1. The summed E-state index contributed by atoms with van der Waals surface area (Å²) in [5.41, 5.74) is 0.571. The largest absolute Gasteiger partial charge is 0.326 e. The average Bonchev–Trinajstić information content (AvgIpc) is 2.97. The van der Waals surface area contributed by atoms with E-state index in [-0.39, 0.29) is 29.6 Å². The first-order valence-electron chi connectivity index (χ1n) is 9.24. The van der Waals surface area contributed by atoms with E-state index in [0.29, 0.717) is 28.8 Å². The molecular weight excluding hydrogens is 428 g/mol. The Morgan fingerprint density at radius 1 is 1.30 bits per heavy atom. The van der Waals surface area contributed by atoms with Crippen LogP contribution in [0.1, 0.15) is 19.8 Å². The number of anilines is 1. The SMILES string of the molecule is CCCN1C(=O)[C@H](CC(=O)Nc2cccc(Cl)c2)SC1=Nc1ccccc1[N+](=O)[O-]. The number of nitro groups is 1. The molecule has 30 heavy (non-hydrogen) atoms. The lowest BCUT2D eigenvalue weighted by atomic mass is 10.2. The average molecular weight is 447 g/mol. The van der Waals surface area contributed by atoms with E-state index in [1.165, 1.54) is 17.0 Å². The van der Waals surface area contributed by atoms with Gasteiger partial charge in [0.05, 0.1) is 4.92 Å². The number of halogens is 1. The van der Waals surface area contributed by atoms with Crippen LogP contribution < -0.4 is 5.32 Å². The topological polar surface area (TPSA) is 105 Å². The maximum absolute atomic E-state index is 12.8. The fourth-order valence-electron chi connectivity index (χ4n) is 2.92. The Labute approximate surface area is 182 Å². The Morgan fingerprint density at radius 3 is 2.77 bits per heavy atom. The fraction of sp³-hybridized carbons (Fsp3) is 0.250. The van der Waals surface area contributed by atoms with Gasteiger partial charge in [-0.3, -0.25) is 24.6 Å². The minimum absolute atomic E-state index is 0.0495. The molecule has 1 aliphatic rings. The number of hydrogen-bond acceptors (Lipinski definition) is 6. The van der Waals surface area contributed by atoms with Crippen LogP contribution in [0.15, 0.2) is 53.5 Å². The third-order valence-corrected chi connectivity index (χ3v) is 5.65. The van der Waals surface area contributed by atoms with Crippen molar-refractivity contribution in [2.75, 3.05) is 11.9 Å². The molecule has 10 heteroatoms. The highest BCUT2D eigenvalue weighted by molar-refractivity contribution is 8.15. The van der Waals surface area contributed by atoms with Crippen molar-refractivity contribution in [2.24, 2.45) is 4.99 Å². The number of amides is 2. The molecule has 2 amide bonds. The molecule has 0 radical (unpaired) electrons. The molecule has 1 atom stereocenters. The summed E-state index contributed by atoms with van der Waals surface area (Å²) in [5.74, 6) is -0.563. The van der Waals surface area contributed by atoms with Gasteiger partial charge in [0.1, 0.15) is 10.9 Å². The predicted molar refractivity (Wildman–Crippen MR) is 118 cm³/mol. The number of nitrogens with one attached hydrogen (secondary N) is 1. The van der Waals surface area contributed by atoms with Crippen molar-refractivity contribution in [3.63, 3.8) is 0 Å². The third-order valence-electron chi connectivity index (χ3n) is 4.24. The smallest absolute Gasteiger partial charge is 0.294 e. The lowest BCUT2D eigenvalue weighted by Gasteiger charge is -2.15. The van der Waals surface area contributed by atoms with E-state index in [1.807, 2.05) is 6.92 Å². The van der Waals surface area contributed by atoms with E-state index in [4.69, 9.17) is 11.6 Å². The maximum Gasteiger partial charge on any atom is 0.294 e. The molecule has 156 valence electrons. The summed E-state index contributed by atoms with van der Waals surface area (Å²) in [6.45, 7) is 2.33. The minimum atomic E-state index is -0.655. The fourth-order valence-corrected chi connectivity index (χ4v) is 4.28. The number of para-hydroxylation sites is 2. The first-order chi connectivity index (χ1) is 14.4. The van der Waals surface area contributed by atoms with Crippen molar-refractivity contribution >= 4 is 57.4 Å². The summed E-state index contributed by atoms with van der Waals surface area (Å²) < 4.78 is 0. The number of thioether (sulfide) groups is 1. The van der Waals surface area contributed by atoms with E-state index < -0.39 is 10.2 Å². The van der Waals surface area contributed by atoms with Crippen LogP contribution in [0.2, 0.25) is 5.02 Å². The molecule has 0 aromatic heterocycles. The van der Waals surface area contributed by atoms with Gasteiger partial charge in [0.15, 0.2) is 5.17 Å². The van der Waals surface area contributed by atoms with Crippen LogP contribution in [-0.2, 0) is 9.59 Å². The number of nitro benzene ring substituents is 1. The summed E-state index contributed by atoms with van der Waals surface area (Å²) in [6, 6.07) is 12.8. The molecule has 3 rings (SSSR count). The van der Waals surface area contributed by atoms with Crippen molar-refractivity contribution in [2.45, 2.75) is 25.0 Å². The van der Waals surface area contributed by atoms with E-state index in [0.717, 1.165) is 11.8 Å². The zero-order valence-electron chi connectivity index (χ0n) is 16.1. The molecule has 1 aliphatic heterocycles. The molecule has 1 saturated heterocycles. The van der Waals surface area contributed by atoms with E-state index in [1.54, 1.807) is 36.4 Å². The quantitative estimate of drug-likeness (QED) is 0.493. The van der Waals surface area contributed by atoms with Gasteiger partial charge in [-0.2, -0.15) is 0 Å². The second-order valence-electron chi connectivity index (χ2n) is 6.50. The minimum Gasteiger partial charge on any atom is -0.326 e. The molecule has 0 saturated carbocycles. The highest BCUT2D eigenvalue weighted by Gasteiger charge is 2.39. The predicted octanol–water partition coefficient (Wildman–Crippen LogP) is 4.62. The molecule has 2 aromatic carbocycles. The molecular formula is C20H19ClN4O4S. The van der Waals surface area contributed by atoms with Crippen molar-refractivity contribution in [3.8, 4) is 0 Å². The first kappa shape index (κ1) is 21.8. The lowest BCUT2D eigenvalue weighted by molar-refractivity contribution is -0.384. The highest BCUT2D eigenvalue weighted by Crippen LogP contribution is 2.34. The lowest BCUT2D eigenvalue weighted by Crippen LogP contribution is -2.34. The zero-order valence-corrected chi connectivity index (χ0v) is 17.7. The molecule has 0 aliphatic carbocycles. The van der Waals surface area contributed by atoms with Gasteiger partial charge in [-0.25, -0.2) is 4.99 Å². The molecule has 1 N–H and O–H groups in total. The van der Waals surface area contributed by atoms with E-state index in [9.17, 15) is 19.7 Å². The Hall–Kier alpha value is -2.91. The number of rotatable bonds is 7. The van der Waals surface area contributed by atoms with Gasteiger partial charge in [0, 0.05) is 29.7 Å². The Kier molecular flexibility index (Phi) is 7.07. The van der Waals surface area contributed by atoms with Crippen LogP contribution in [0.25, 0.3) is 0 Å². The molecule has 8 nitrogen and oxygen atoms in total. The van der Waals surface area contributed by atoms with Gasteiger partial charge < -0.3 is 5.32 Å². The van der Waals surface area contributed by atoms with Gasteiger partial charge in [-0.1, -0.05) is 48.5 Å². The van der Waals surface area contributed by atoms with Crippen molar-refractivity contribution in [3.05, 3.63) is 63.7 Å². The summed E-state index contributed by atoms with van der Waals surface area (Å²) >= 11 is 7.07. The van der Waals surface area contributed by atoms with Crippen molar-refractivity contribution in [1.82, 2.24) is 4.90 Å². The molecule has 0 spiro atoms. The maximum atomic E-state index is 12.8. The Morgan fingerprint density at radius 2 is 2.07 bits per heavy atom. The monoisotopic (exact) mass is 446 g/mol. The summed E-state index contributed by atoms with van der Waals surface area (Å²) in [7, 11) is 0. The number of hydrogen-bond donors (Lipinski definition) is 1. The summed E-state index contributed by atoms with van der Waals surface area (Å²) in [4.78, 5) is 41.9. The standard InChI is InChI=1S/C20H19ClN4O4S/c1-2-10-24-19(27)17(12-18(26)22-14-7-5-6-13(21)11-14)30-20(24)23-15-8-3-4-9-16(15)25(28)29/h3-9,11,17H,2,10,12H2,1H3,(H,22,26)/t17-/m0/s1. The molecule has 1 heterocycles. The molecule has 0 unspecified atom stereocenters. The van der Waals surface area contributed by atoms with Gasteiger partial charge >= 0.3 is 0 Å². The zero-order chi connectivity index (χ0) is 21.7. The Bertz CT molecular complexity index is 1010. The van der Waals surface area contributed by atoms with Gasteiger partial charge in [0.2, 0.25) is 11.8 Å². The van der Waals surface area contributed by atoms with Crippen LogP contribution >= 0.6 is 23.4 Å². The van der Waals surface area contributed by atoms with E-state index >= 15 is 0 Å². The van der Waals surface area contributed by atoms with Gasteiger partial charge in [-0.05, 0) is 30.7 Å². The summed E-state index contributed by atoms with van der Waals surface area (Å²) in [6.07, 6.45) is 0.635. The molecule has 2 aromatic rings. The normalized spacial score (nSPS) is 17.4. The third kappa shape index (κ3) is 5.17. The number of carbonyl (C=O) groups is 2. The van der Waals surface area contributed by atoms with Crippen LogP contribution in [0.5, 0.6) is 0 Å². The van der Waals surface area contributed by atoms with Crippen LogP contribution in [0.3, 0.4) is 0 Å². The molecule has 1 fully saturated rings. The van der Waals surface area contributed by atoms with Crippen LogP contribution in [0.4, 0.5) is 17.1 Å². The highest BCUT2D eigenvalue weighted by atomic mass is 35.5. The second-order valence-corrected chi connectivity index (χ2v) is 8.11. The van der Waals surface area contributed by atoms with E-state index in [2.05, 4.69) is 10.3 Å². The number of amidine groups is 1. The number of nitrogens with zero attached hydrogens (tertiary/aromatic N) is 3. The van der Waals surface area contributed by atoms with Crippen LogP contribution in [0, 0.1) is 10.1 Å². The van der Waals surface area contributed by atoms with Gasteiger partial charge in [-0.15, -0.1) is 0 Å². The first-order valence-corrected chi connectivity index (χ1v) is 10.5. The number of benzene rings is 2. The van der Waals surface area contributed by atoms with Crippen molar-refractivity contribution < 1.29 is 14.5 Å². The van der Waals surface area contributed by atoms with Crippen molar-refractivity contribution in [1.29, 1.82) is 0 Å². The Balaban J connectivity index is 1.79. The second kappa shape index (κ2) is 9.73. The number of carbonyl (C=O) groups excluding carboxylic acids is 2. The van der Waals surface area contributed by atoms with Crippen LogP contribution in [-0.4, -0.2) is 38.6 Å². The molecule has 0 bridgehead atoms. The van der Waals surface area contributed by atoms with Gasteiger partial charge in [0.25, 0.3) is 5.69 Å². The summed E-state index contributed by atoms with van der Waals surface area (Å²) in [5, 5.41) is 14.2.